The summed E-state index contributed by atoms with van der Waals surface area (Å²) in [7, 11) is 1.27. The Balaban J connectivity index is 1.43. The number of nitrogens with zero attached hydrogens (tertiary/aromatic N) is 1. The molecule has 0 saturated heterocycles. The summed E-state index contributed by atoms with van der Waals surface area (Å²) in [5.74, 6) is 0.592. The van der Waals surface area contributed by atoms with E-state index in [2.05, 4.69) is 37.1 Å². The lowest BCUT2D eigenvalue weighted by Gasteiger charge is -2.28. The Labute approximate surface area is 278 Å². The van der Waals surface area contributed by atoms with Gasteiger partial charge in [-0.05, 0) is 65.7 Å². The smallest absolute Gasteiger partial charge is 0.337 e. The highest BCUT2D eigenvalue weighted by Gasteiger charge is 2.32. The Morgan fingerprint density at radius 3 is 2.64 bits per heavy atom. The lowest BCUT2D eigenvalue weighted by atomic mass is 9.95. The molecule has 238 valence electrons. The first-order chi connectivity index (χ1) is 21.6. The lowest BCUT2D eigenvalue weighted by Crippen LogP contribution is -2.45. The number of aliphatic hydroxyl groups excluding tert-OH is 1. The number of allylic oxidation sites excluding steroid dienone is 1. The second-order valence-corrected chi connectivity index (χ2v) is 11.3. The molecule has 0 bridgehead atoms. The van der Waals surface area contributed by atoms with Gasteiger partial charge in [-0.15, -0.1) is 0 Å². The molecule has 0 radical (unpaired) electrons. The predicted octanol–water partition coefficient (Wildman–Crippen LogP) is 5.86. The second kappa shape index (κ2) is 15.8. The molecular weight excluding hydrogens is 691 g/mol. The average Bonchev–Trinajstić information content (AvgIpc) is 3.00. The number of amides is 2. The van der Waals surface area contributed by atoms with Gasteiger partial charge in [0, 0.05) is 26.9 Å². The SMILES string of the molecule is CCOc1cc([C@H]2NC(=O)NC(C)=C2C(=O)OC)ccc1OC[C@@H](O)N/N=C/c1cc(Cl)cc(Br)c1OCc1ccccc1Cl. The van der Waals surface area contributed by atoms with Gasteiger partial charge in [-0.3, -0.25) is 5.43 Å². The molecule has 0 saturated carbocycles. The molecule has 0 fully saturated rings. The van der Waals surface area contributed by atoms with Crippen LogP contribution in [0.2, 0.25) is 10.0 Å². The summed E-state index contributed by atoms with van der Waals surface area (Å²) in [5, 5.41) is 21.0. The first-order valence-electron chi connectivity index (χ1n) is 13.7. The fourth-order valence-corrected chi connectivity index (χ4v) is 5.55. The quantitative estimate of drug-likeness (QED) is 0.0746. The zero-order valence-electron chi connectivity index (χ0n) is 24.5. The van der Waals surface area contributed by atoms with Crippen LogP contribution in [0, 0.1) is 0 Å². The van der Waals surface area contributed by atoms with Gasteiger partial charge >= 0.3 is 12.0 Å². The van der Waals surface area contributed by atoms with E-state index in [9.17, 15) is 14.7 Å². The van der Waals surface area contributed by atoms with E-state index in [1.807, 2.05) is 18.2 Å². The van der Waals surface area contributed by atoms with Crippen molar-refractivity contribution in [1.82, 2.24) is 16.1 Å². The summed E-state index contributed by atoms with van der Waals surface area (Å²) in [6.45, 7) is 3.77. The first kappa shape index (κ1) is 33.9. The zero-order chi connectivity index (χ0) is 32.5. The molecule has 0 aliphatic carbocycles. The van der Waals surface area contributed by atoms with E-state index in [0.717, 1.165) is 5.56 Å². The van der Waals surface area contributed by atoms with Crippen LogP contribution in [0.5, 0.6) is 17.2 Å². The number of ether oxygens (including phenoxy) is 4. The standard InChI is InChI=1S/C31H31BrCl2N4O7/c1-4-43-25-12-18(28-27(30(40)42-3)17(2)36-31(41)37-28)9-10-24(25)44-16-26(39)38-35-14-20-11-21(33)13-22(32)29(20)45-15-19-7-5-6-8-23(19)34/h5-14,26,28,38-39H,4,15-16H2,1-3H3,(H2,36,37,41)/b35-14+/t26-,28-/m1/s1. The van der Waals surface area contributed by atoms with Gasteiger partial charge in [0.25, 0.3) is 0 Å². The molecule has 1 aliphatic heterocycles. The maximum Gasteiger partial charge on any atom is 0.337 e. The van der Waals surface area contributed by atoms with Crippen LogP contribution >= 0.6 is 39.1 Å². The number of carbonyl (C=O) groups is 2. The zero-order valence-corrected chi connectivity index (χ0v) is 27.6. The summed E-state index contributed by atoms with van der Waals surface area (Å²) >= 11 is 16.0. The number of methoxy groups -OCH3 is 1. The monoisotopic (exact) mass is 720 g/mol. The molecular formula is C31H31BrCl2N4O7. The minimum Gasteiger partial charge on any atom is -0.490 e. The number of hydrogen-bond donors (Lipinski definition) is 4. The lowest BCUT2D eigenvalue weighted by molar-refractivity contribution is -0.136. The van der Waals surface area contributed by atoms with Gasteiger partial charge in [-0.2, -0.15) is 5.10 Å². The van der Waals surface area contributed by atoms with Crippen molar-refractivity contribution in [3.05, 3.63) is 97.1 Å². The van der Waals surface area contributed by atoms with Crippen molar-refractivity contribution >= 4 is 57.3 Å². The number of urea groups is 1. The highest BCUT2D eigenvalue weighted by Crippen LogP contribution is 2.35. The van der Waals surface area contributed by atoms with Gasteiger partial charge in [0.1, 0.15) is 19.0 Å². The van der Waals surface area contributed by atoms with Crippen molar-refractivity contribution in [2.75, 3.05) is 20.3 Å². The normalized spacial score (nSPS) is 15.3. The highest BCUT2D eigenvalue weighted by atomic mass is 79.9. The van der Waals surface area contributed by atoms with Crippen molar-refractivity contribution in [2.45, 2.75) is 32.7 Å². The average molecular weight is 722 g/mol. The maximum absolute atomic E-state index is 12.5. The summed E-state index contributed by atoms with van der Waals surface area (Å²) < 4.78 is 23.1. The fourth-order valence-electron chi connectivity index (χ4n) is 4.41. The minimum absolute atomic E-state index is 0.192. The van der Waals surface area contributed by atoms with Crippen molar-refractivity contribution < 1.29 is 33.6 Å². The summed E-state index contributed by atoms with van der Waals surface area (Å²) in [4.78, 5) is 24.6. The molecule has 3 aromatic carbocycles. The number of carbonyl (C=O) groups excluding carboxylic acids is 2. The highest BCUT2D eigenvalue weighted by molar-refractivity contribution is 9.10. The van der Waals surface area contributed by atoms with Gasteiger partial charge in [-0.1, -0.05) is 47.5 Å². The predicted molar refractivity (Wildman–Crippen MR) is 174 cm³/mol. The van der Waals surface area contributed by atoms with E-state index in [4.69, 9.17) is 42.1 Å². The van der Waals surface area contributed by atoms with Gasteiger partial charge in [0.15, 0.2) is 17.7 Å². The molecule has 0 unspecified atom stereocenters. The third-order valence-corrected chi connectivity index (χ3v) is 7.64. The fraction of sp³-hybridized carbons (Fsp3) is 0.258. The summed E-state index contributed by atoms with van der Waals surface area (Å²) in [6, 6.07) is 14.5. The molecule has 45 heavy (non-hydrogen) atoms. The molecule has 2 amide bonds. The van der Waals surface area contributed by atoms with E-state index >= 15 is 0 Å². The van der Waals surface area contributed by atoms with Crippen molar-refractivity contribution in [1.29, 1.82) is 0 Å². The summed E-state index contributed by atoms with van der Waals surface area (Å²) in [5.41, 5.74) is 5.19. The molecule has 1 heterocycles. The molecule has 3 aromatic rings. The number of halogens is 3. The Hall–Kier alpha value is -3.97. The van der Waals surface area contributed by atoms with E-state index in [-0.39, 0.29) is 18.8 Å². The van der Waals surface area contributed by atoms with E-state index in [1.165, 1.54) is 13.3 Å². The van der Waals surface area contributed by atoms with Gasteiger partial charge in [-0.25, -0.2) is 9.59 Å². The third kappa shape index (κ3) is 8.82. The molecule has 14 heteroatoms. The van der Waals surface area contributed by atoms with Crippen LogP contribution in [-0.2, 0) is 16.1 Å². The Kier molecular flexibility index (Phi) is 11.9. The Morgan fingerprint density at radius 1 is 1.13 bits per heavy atom. The van der Waals surface area contributed by atoms with Crippen LogP contribution < -0.4 is 30.3 Å². The van der Waals surface area contributed by atoms with Gasteiger partial charge in [0.05, 0.1) is 36.0 Å². The van der Waals surface area contributed by atoms with Crippen LogP contribution in [0.25, 0.3) is 0 Å². The van der Waals surface area contributed by atoms with Crippen LogP contribution in [0.15, 0.2) is 75.4 Å². The number of rotatable bonds is 13. The summed E-state index contributed by atoms with van der Waals surface area (Å²) in [6.07, 6.45) is 0.259. The number of hydrazone groups is 1. The first-order valence-corrected chi connectivity index (χ1v) is 15.2. The van der Waals surface area contributed by atoms with Crippen LogP contribution in [0.1, 0.15) is 36.6 Å². The molecule has 4 rings (SSSR count). The number of hydrogen-bond acceptors (Lipinski definition) is 9. The second-order valence-electron chi connectivity index (χ2n) is 9.60. The number of benzene rings is 3. The van der Waals surface area contributed by atoms with Crippen LogP contribution in [0.4, 0.5) is 4.79 Å². The van der Waals surface area contributed by atoms with Crippen molar-refractivity contribution in [2.24, 2.45) is 5.10 Å². The molecule has 1 aliphatic rings. The topological polar surface area (TPSA) is 140 Å². The molecule has 4 N–H and O–H groups in total. The molecule has 0 spiro atoms. The molecule has 2 atom stereocenters. The van der Waals surface area contributed by atoms with Gasteiger partial charge < -0.3 is 34.7 Å². The van der Waals surface area contributed by atoms with Crippen LogP contribution in [-0.4, -0.2) is 49.9 Å². The number of aliphatic hydroxyl groups is 1. The molecule has 0 aromatic heterocycles. The Bertz CT molecular complexity index is 1620. The van der Waals surface area contributed by atoms with Crippen molar-refractivity contribution in [3.8, 4) is 17.2 Å². The number of esters is 1. The maximum atomic E-state index is 12.5. The minimum atomic E-state index is -1.20. The molecule has 11 nitrogen and oxygen atoms in total. The van der Waals surface area contributed by atoms with Crippen molar-refractivity contribution in [3.63, 3.8) is 0 Å². The van der Waals surface area contributed by atoms with Gasteiger partial charge in [0.2, 0.25) is 0 Å². The Morgan fingerprint density at radius 2 is 1.91 bits per heavy atom. The third-order valence-electron chi connectivity index (χ3n) is 6.47. The van der Waals surface area contributed by atoms with E-state index in [1.54, 1.807) is 50.2 Å². The largest absolute Gasteiger partial charge is 0.490 e. The van der Waals surface area contributed by atoms with E-state index in [0.29, 0.717) is 55.2 Å². The van der Waals surface area contributed by atoms with E-state index < -0.39 is 24.3 Å². The van der Waals surface area contributed by atoms with Crippen LogP contribution in [0.3, 0.4) is 0 Å². The number of nitrogens with one attached hydrogen (secondary N) is 3.